The van der Waals surface area contributed by atoms with Crippen molar-refractivity contribution in [2.45, 2.75) is 38.5 Å². The van der Waals surface area contributed by atoms with Crippen LogP contribution in [-0.2, 0) is 4.79 Å². The fourth-order valence-corrected chi connectivity index (χ4v) is 4.45. The molecule has 0 spiro atoms. The number of carbonyl (C=O) groups excluding carboxylic acids is 1. The van der Waals surface area contributed by atoms with Crippen LogP contribution in [0.15, 0.2) is 0 Å². The molecule has 3 rings (SSSR count). The molecule has 1 amide bonds. The summed E-state index contributed by atoms with van der Waals surface area (Å²) in [4.78, 5) is 17.3. The minimum absolute atomic E-state index is 0.373. The fourth-order valence-electron chi connectivity index (χ4n) is 4.45. The molecule has 114 valence electrons. The molecule has 2 saturated carbocycles. The van der Waals surface area contributed by atoms with Crippen LogP contribution in [0.5, 0.6) is 0 Å². The Labute approximate surface area is 122 Å². The SMILES string of the molecule is NCCCCN1CCN(C(=O)C2CC3CCC2C3)CC1. The Balaban J connectivity index is 1.42. The summed E-state index contributed by atoms with van der Waals surface area (Å²) in [6, 6.07) is 0. The van der Waals surface area contributed by atoms with Crippen LogP contribution in [0.1, 0.15) is 38.5 Å². The predicted molar refractivity (Wildman–Crippen MR) is 80.2 cm³/mol. The Bertz CT molecular complexity index is 339. The van der Waals surface area contributed by atoms with E-state index in [4.69, 9.17) is 5.73 Å². The van der Waals surface area contributed by atoms with Crippen molar-refractivity contribution in [3.05, 3.63) is 0 Å². The van der Waals surface area contributed by atoms with Crippen molar-refractivity contribution in [1.29, 1.82) is 0 Å². The zero-order chi connectivity index (χ0) is 13.9. The van der Waals surface area contributed by atoms with E-state index in [0.717, 1.165) is 57.5 Å². The van der Waals surface area contributed by atoms with Gasteiger partial charge in [0.1, 0.15) is 0 Å². The first-order chi connectivity index (χ1) is 9.78. The summed E-state index contributed by atoms with van der Waals surface area (Å²) >= 11 is 0. The van der Waals surface area contributed by atoms with E-state index in [1.54, 1.807) is 0 Å². The van der Waals surface area contributed by atoms with Gasteiger partial charge in [-0.2, -0.15) is 0 Å². The van der Waals surface area contributed by atoms with E-state index in [1.807, 2.05) is 0 Å². The second-order valence-corrected chi connectivity index (χ2v) is 6.94. The van der Waals surface area contributed by atoms with Gasteiger partial charge in [0.2, 0.25) is 5.91 Å². The molecule has 0 radical (unpaired) electrons. The maximum Gasteiger partial charge on any atom is 0.226 e. The van der Waals surface area contributed by atoms with Gasteiger partial charge in [-0.25, -0.2) is 0 Å². The standard InChI is InChI=1S/C16H29N3O/c17-5-1-2-6-18-7-9-19(10-8-18)16(20)15-12-13-3-4-14(15)11-13/h13-15H,1-12,17H2. The van der Waals surface area contributed by atoms with Crippen molar-refractivity contribution in [2.75, 3.05) is 39.3 Å². The lowest BCUT2D eigenvalue weighted by Crippen LogP contribution is -2.51. The third-order valence-electron chi connectivity index (χ3n) is 5.67. The monoisotopic (exact) mass is 279 g/mol. The van der Waals surface area contributed by atoms with Crippen molar-refractivity contribution in [3.8, 4) is 0 Å². The van der Waals surface area contributed by atoms with Crippen LogP contribution >= 0.6 is 0 Å². The number of hydrogen-bond acceptors (Lipinski definition) is 3. The lowest BCUT2D eigenvalue weighted by atomic mass is 9.87. The first kappa shape index (κ1) is 14.3. The molecule has 1 heterocycles. The molecule has 1 saturated heterocycles. The van der Waals surface area contributed by atoms with Crippen molar-refractivity contribution >= 4 is 5.91 Å². The van der Waals surface area contributed by atoms with Crippen LogP contribution in [0.25, 0.3) is 0 Å². The van der Waals surface area contributed by atoms with Gasteiger partial charge in [-0.05, 0) is 57.0 Å². The number of nitrogens with two attached hydrogens (primary N) is 1. The highest BCUT2D eigenvalue weighted by Crippen LogP contribution is 2.48. The number of rotatable bonds is 5. The molecule has 0 aromatic rings. The molecule has 3 atom stereocenters. The number of unbranched alkanes of at least 4 members (excludes halogenated alkanes) is 1. The highest BCUT2D eigenvalue weighted by Gasteiger charge is 2.44. The van der Waals surface area contributed by atoms with Crippen LogP contribution in [0.2, 0.25) is 0 Å². The van der Waals surface area contributed by atoms with E-state index in [-0.39, 0.29) is 0 Å². The van der Waals surface area contributed by atoms with Crippen molar-refractivity contribution in [1.82, 2.24) is 9.80 Å². The molecule has 3 aliphatic rings. The highest BCUT2D eigenvalue weighted by atomic mass is 16.2. The first-order valence-electron chi connectivity index (χ1n) is 8.49. The Kier molecular flexibility index (Phi) is 4.61. The Hall–Kier alpha value is -0.610. The number of carbonyl (C=O) groups is 1. The number of fused-ring (bicyclic) bond motifs is 2. The number of piperazine rings is 1. The van der Waals surface area contributed by atoms with Gasteiger partial charge in [-0.1, -0.05) is 6.42 Å². The summed E-state index contributed by atoms with van der Waals surface area (Å²) in [6.07, 6.45) is 7.50. The lowest BCUT2D eigenvalue weighted by Gasteiger charge is -2.37. The zero-order valence-electron chi connectivity index (χ0n) is 12.6. The minimum Gasteiger partial charge on any atom is -0.340 e. The van der Waals surface area contributed by atoms with Gasteiger partial charge in [-0.15, -0.1) is 0 Å². The first-order valence-corrected chi connectivity index (χ1v) is 8.49. The molecular formula is C16H29N3O. The van der Waals surface area contributed by atoms with Gasteiger partial charge in [-0.3, -0.25) is 9.69 Å². The van der Waals surface area contributed by atoms with Crippen LogP contribution in [0, 0.1) is 17.8 Å². The Morgan fingerprint density at radius 3 is 2.45 bits per heavy atom. The molecule has 0 aromatic heterocycles. The second kappa shape index (κ2) is 6.44. The summed E-state index contributed by atoms with van der Waals surface area (Å²) < 4.78 is 0. The summed E-state index contributed by atoms with van der Waals surface area (Å²) in [6.45, 7) is 5.93. The smallest absolute Gasteiger partial charge is 0.226 e. The van der Waals surface area contributed by atoms with Crippen LogP contribution < -0.4 is 5.73 Å². The third-order valence-corrected chi connectivity index (χ3v) is 5.67. The predicted octanol–water partition coefficient (Wildman–Crippen LogP) is 1.31. The second-order valence-electron chi connectivity index (χ2n) is 6.94. The fraction of sp³-hybridized carbons (Fsp3) is 0.938. The Morgan fingerprint density at radius 2 is 1.85 bits per heavy atom. The topological polar surface area (TPSA) is 49.6 Å². The van der Waals surface area contributed by atoms with Crippen molar-refractivity contribution < 1.29 is 4.79 Å². The molecule has 2 N–H and O–H groups in total. The molecule has 0 aromatic carbocycles. The summed E-state index contributed by atoms with van der Waals surface area (Å²) in [5.74, 6) is 2.43. The molecule has 3 unspecified atom stereocenters. The van der Waals surface area contributed by atoms with Crippen molar-refractivity contribution in [3.63, 3.8) is 0 Å². The van der Waals surface area contributed by atoms with Gasteiger partial charge in [0.05, 0.1) is 0 Å². The maximum absolute atomic E-state index is 12.6. The molecule has 3 fully saturated rings. The minimum atomic E-state index is 0.373. The van der Waals surface area contributed by atoms with Crippen molar-refractivity contribution in [2.24, 2.45) is 23.5 Å². The Morgan fingerprint density at radius 1 is 1.05 bits per heavy atom. The number of hydrogen-bond donors (Lipinski definition) is 1. The number of nitrogens with zero attached hydrogens (tertiary/aromatic N) is 2. The van der Waals surface area contributed by atoms with Crippen LogP contribution in [0.4, 0.5) is 0 Å². The average Bonchev–Trinajstić information content (AvgIpc) is 3.10. The molecule has 2 aliphatic carbocycles. The van der Waals surface area contributed by atoms with E-state index < -0.39 is 0 Å². The van der Waals surface area contributed by atoms with E-state index in [2.05, 4.69) is 9.80 Å². The van der Waals surface area contributed by atoms with Gasteiger partial charge >= 0.3 is 0 Å². The highest BCUT2D eigenvalue weighted by molar-refractivity contribution is 5.79. The molecule has 1 aliphatic heterocycles. The quantitative estimate of drug-likeness (QED) is 0.772. The van der Waals surface area contributed by atoms with E-state index in [9.17, 15) is 4.79 Å². The molecule has 4 nitrogen and oxygen atoms in total. The van der Waals surface area contributed by atoms with Gasteiger partial charge in [0.15, 0.2) is 0 Å². The van der Waals surface area contributed by atoms with Crippen LogP contribution in [-0.4, -0.2) is 55.0 Å². The molecule has 20 heavy (non-hydrogen) atoms. The van der Waals surface area contributed by atoms with Crippen LogP contribution in [0.3, 0.4) is 0 Å². The van der Waals surface area contributed by atoms with E-state index in [0.29, 0.717) is 11.8 Å². The summed E-state index contributed by atoms with van der Waals surface area (Å²) in [5.41, 5.74) is 5.53. The summed E-state index contributed by atoms with van der Waals surface area (Å²) in [5, 5.41) is 0. The lowest BCUT2D eigenvalue weighted by molar-refractivity contribution is -0.139. The van der Waals surface area contributed by atoms with Gasteiger partial charge < -0.3 is 10.6 Å². The molecular weight excluding hydrogens is 250 g/mol. The van der Waals surface area contributed by atoms with Gasteiger partial charge in [0.25, 0.3) is 0 Å². The zero-order valence-corrected chi connectivity index (χ0v) is 12.6. The number of amides is 1. The largest absolute Gasteiger partial charge is 0.340 e. The molecule has 4 heteroatoms. The maximum atomic E-state index is 12.6. The van der Waals surface area contributed by atoms with Gasteiger partial charge in [0, 0.05) is 32.1 Å². The normalized spacial score (nSPS) is 33.9. The van der Waals surface area contributed by atoms with E-state index >= 15 is 0 Å². The van der Waals surface area contributed by atoms with E-state index in [1.165, 1.54) is 32.1 Å². The molecule has 2 bridgehead atoms. The third kappa shape index (κ3) is 3.01. The average molecular weight is 279 g/mol. The summed E-state index contributed by atoms with van der Waals surface area (Å²) in [7, 11) is 0.